The van der Waals surface area contributed by atoms with Crippen LogP contribution in [-0.2, 0) is 10.2 Å². The highest BCUT2D eigenvalue weighted by Gasteiger charge is 2.08. The van der Waals surface area contributed by atoms with E-state index in [4.69, 9.17) is 5.14 Å². The first-order valence-corrected chi connectivity index (χ1v) is 6.48. The molecule has 2 aromatic rings. The summed E-state index contributed by atoms with van der Waals surface area (Å²) in [7, 11) is -3.74. The van der Waals surface area contributed by atoms with Gasteiger partial charge < -0.3 is 0 Å². The molecular formula is C8H9N3O2S2. The predicted molar refractivity (Wildman–Crippen MR) is 61.1 cm³/mol. The van der Waals surface area contributed by atoms with Crippen molar-refractivity contribution < 1.29 is 8.42 Å². The largest absolute Gasteiger partial charge is 0.298 e. The van der Waals surface area contributed by atoms with Crippen LogP contribution < -0.4 is 9.86 Å². The molecule has 0 aliphatic carbocycles. The molecule has 2 rings (SSSR count). The van der Waals surface area contributed by atoms with Gasteiger partial charge in [-0.1, -0.05) is 17.4 Å². The Morgan fingerprint density at radius 2 is 2.20 bits per heavy atom. The highest BCUT2D eigenvalue weighted by molar-refractivity contribution is 7.90. The van der Waals surface area contributed by atoms with Crippen molar-refractivity contribution >= 4 is 36.9 Å². The van der Waals surface area contributed by atoms with Gasteiger partial charge in [-0.2, -0.15) is 8.42 Å². The van der Waals surface area contributed by atoms with E-state index in [9.17, 15) is 8.42 Å². The van der Waals surface area contributed by atoms with Crippen molar-refractivity contribution in [3.63, 3.8) is 0 Å². The van der Waals surface area contributed by atoms with Gasteiger partial charge in [0.25, 0.3) is 10.2 Å². The zero-order chi connectivity index (χ0) is 11.1. The van der Waals surface area contributed by atoms with Crippen LogP contribution in [0.3, 0.4) is 0 Å². The maximum absolute atomic E-state index is 10.8. The summed E-state index contributed by atoms with van der Waals surface area (Å²) < 4.78 is 24.6. The molecule has 7 heteroatoms. The quantitative estimate of drug-likeness (QED) is 0.831. The van der Waals surface area contributed by atoms with E-state index in [0.717, 1.165) is 15.8 Å². The molecule has 3 N–H and O–H groups in total. The third-order valence-corrected chi connectivity index (χ3v) is 3.31. The molecule has 0 aliphatic rings. The Bertz CT molecular complexity index is 603. The highest BCUT2D eigenvalue weighted by Crippen LogP contribution is 2.26. The van der Waals surface area contributed by atoms with Crippen LogP contribution in [0, 0.1) is 6.92 Å². The van der Waals surface area contributed by atoms with E-state index < -0.39 is 10.2 Å². The summed E-state index contributed by atoms with van der Waals surface area (Å²) >= 11 is 1.26. The van der Waals surface area contributed by atoms with Crippen molar-refractivity contribution in [2.24, 2.45) is 5.14 Å². The molecule has 0 atom stereocenters. The number of hydrogen-bond donors (Lipinski definition) is 2. The maximum atomic E-state index is 10.8. The summed E-state index contributed by atoms with van der Waals surface area (Å²) in [4.78, 5) is 4.09. The van der Waals surface area contributed by atoms with Gasteiger partial charge in [-0.25, -0.2) is 14.8 Å². The van der Waals surface area contributed by atoms with Gasteiger partial charge in [0.2, 0.25) is 0 Å². The SMILES string of the molecule is Cc1ccc2nc(NS(N)(=O)=O)sc2c1. The van der Waals surface area contributed by atoms with Crippen LogP contribution in [0.15, 0.2) is 18.2 Å². The van der Waals surface area contributed by atoms with Crippen molar-refractivity contribution in [2.75, 3.05) is 4.72 Å². The van der Waals surface area contributed by atoms with Crippen LogP contribution >= 0.6 is 11.3 Å². The van der Waals surface area contributed by atoms with E-state index in [2.05, 4.69) is 9.71 Å². The van der Waals surface area contributed by atoms with Gasteiger partial charge >= 0.3 is 0 Å². The molecule has 0 spiro atoms. The van der Waals surface area contributed by atoms with Crippen LogP contribution in [-0.4, -0.2) is 13.4 Å². The Morgan fingerprint density at radius 1 is 1.47 bits per heavy atom. The Balaban J connectivity index is 2.48. The van der Waals surface area contributed by atoms with E-state index in [-0.39, 0.29) is 5.13 Å². The second-order valence-electron chi connectivity index (χ2n) is 3.14. The van der Waals surface area contributed by atoms with Gasteiger partial charge in [-0.3, -0.25) is 0 Å². The first-order valence-electron chi connectivity index (χ1n) is 4.12. The van der Waals surface area contributed by atoms with E-state index in [1.165, 1.54) is 11.3 Å². The third-order valence-electron chi connectivity index (χ3n) is 1.77. The fourth-order valence-corrected chi connectivity index (χ4v) is 2.82. The van der Waals surface area contributed by atoms with Crippen molar-refractivity contribution in [1.82, 2.24) is 4.98 Å². The molecule has 5 nitrogen and oxygen atoms in total. The average molecular weight is 243 g/mol. The van der Waals surface area contributed by atoms with Gasteiger partial charge in [0.05, 0.1) is 10.2 Å². The number of nitrogens with two attached hydrogens (primary N) is 1. The molecule has 1 aromatic heterocycles. The summed E-state index contributed by atoms with van der Waals surface area (Å²) in [6.07, 6.45) is 0. The lowest BCUT2D eigenvalue weighted by Crippen LogP contribution is -2.21. The number of anilines is 1. The molecule has 0 fully saturated rings. The van der Waals surface area contributed by atoms with Crippen LogP contribution in [0.5, 0.6) is 0 Å². The molecule has 80 valence electrons. The average Bonchev–Trinajstić information content (AvgIpc) is 2.42. The van der Waals surface area contributed by atoms with Gasteiger partial charge in [0, 0.05) is 0 Å². The molecule has 0 saturated carbocycles. The van der Waals surface area contributed by atoms with Crippen molar-refractivity contribution in [3.05, 3.63) is 23.8 Å². The second-order valence-corrected chi connectivity index (χ2v) is 5.46. The molecular weight excluding hydrogens is 234 g/mol. The Kier molecular flexibility index (Phi) is 2.37. The number of fused-ring (bicyclic) bond motifs is 1. The molecule has 0 saturated heterocycles. The fourth-order valence-electron chi connectivity index (χ4n) is 1.20. The third kappa shape index (κ3) is 2.44. The van der Waals surface area contributed by atoms with E-state index in [1.807, 2.05) is 25.1 Å². The summed E-state index contributed by atoms with van der Waals surface area (Å²) in [6, 6.07) is 5.71. The van der Waals surface area contributed by atoms with Crippen molar-refractivity contribution in [2.45, 2.75) is 6.92 Å². The van der Waals surface area contributed by atoms with E-state index in [1.54, 1.807) is 0 Å². The normalized spacial score (nSPS) is 11.9. The number of rotatable bonds is 2. The first-order chi connectivity index (χ1) is 6.94. The number of nitrogens with one attached hydrogen (secondary N) is 1. The standard InChI is InChI=1S/C8H9N3O2S2/c1-5-2-3-6-7(4-5)14-8(10-6)11-15(9,12)13/h2-4H,1H3,(H,10,11)(H2,9,12,13). The molecule has 15 heavy (non-hydrogen) atoms. The monoisotopic (exact) mass is 243 g/mol. The fraction of sp³-hybridized carbons (Fsp3) is 0.125. The Hall–Kier alpha value is -1.18. The number of thiazole rings is 1. The lowest BCUT2D eigenvalue weighted by molar-refractivity contribution is 0.603. The van der Waals surface area contributed by atoms with Crippen LogP contribution in [0.4, 0.5) is 5.13 Å². The minimum absolute atomic E-state index is 0.290. The molecule has 0 aliphatic heterocycles. The molecule has 0 amide bonds. The van der Waals surface area contributed by atoms with E-state index >= 15 is 0 Å². The number of aryl methyl sites for hydroxylation is 1. The molecule has 0 bridgehead atoms. The summed E-state index contributed by atoms with van der Waals surface area (Å²) in [6.45, 7) is 1.96. The topological polar surface area (TPSA) is 85.1 Å². The zero-order valence-electron chi connectivity index (χ0n) is 7.89. The minimum atomic E-state index is -3.74. The lowest BCUT2D eigenvalue weighted by atomic mass is 10.2. The zero-order valence-corrected chi connectivity index (χ0v) is 9.52. The van der Waals surface area contributed by atoms with Gasteiger partial charge in [0.15, 0.2) is 5.13 Å². The minimum Gasteiger partial charge on any atom is -0.246 e. The summed E-state index contributed by atoms with van der Waals surface area (Å²) in [5, 5.41) is 5.14. The smallest absolute Gasteiger partial charge is 0.246 e. The Labute approximate surface area is 91.1 Å². The summed E-state index contributed by atoms with van der Waals surface area (Å²) in [5.41, 5.74) is 1.87. The van der Waals surface area contributed by atoms with Crippen molar-refractivity contribution in [1.29, 1.82) is 0 Å². The van der Waals surface area contributed by atoms with Crippen LogP contribution in [0.1, 0.15) is 5.56 Å². The molecule has 0 radical (unpaired) electrons. The van der Waals surface area contributed by atoms with Gasteiger partial charge in [0.1, 0.15) is 0 Å². The number of hydrogen-bond acceptors (Lipinski definition) is 4. The number of benzene rings is 1. The molecule has 0 unspecified atom stereocenters. The highest BCUT2D eigenvalue weighted by atomic mass is 32.2. The molecule has 1 heterocycles. The maximum Gasteiger partial charge on any atom is 0.298 e. The summed E-state index contributed by atoms with van der Waals surface area (Å²) in [5.74, 6) is 0. The first kappa shape index (κ1) is 10.3. The number of nitrogens with zero attached hydrogens (tertiary/aromatic N) is 1. The second kappa shape index (κ2) is 3.44. The van der Waals surface area contributed by atoms with Gasteiger partial charge in [-0.15, -0.1) is 0 Å². The molecule has 1 aromatic carbocycles. The van der Waals surface area contributed by atoms with Crippen LogP contribution in [0.2, 0.25) is 0 Å². The Morgan fingerprint density at radius 3 is 2.87 bits per heavy atom. The van der Waals surface area contributed by atoms with Crippen LogP contribution in [0.25, 0.3) is 10.2 Å². The van der Waals surface area contributed by atoms with Gasteiger partial charge in [-0.05, 0) is 24.6 Å². The predicted octanol–water partition coefficient (Wildman–Crippen LogP) is 1.22. The van der Waals surface area contributed by atoms with Crippen molar-refractivity contribution in [3.8, 4) is 0 Å². The lowest BCUT2D eigenvalue weighted by Gasteiger charge is -1.95. The van der Waals surface area contributed by atoms with E-state index in [0.29, 0.717) is 0 Å². The number of aromatic nitrogens is 1.